The molecule has 0 amide bonds. The van der Waals surface area contributed by atoms with Crippen LogP contribution in [0.5, 0.6) is 11.5 Å². The Labute approximate surface area is 125 Å². The zero-order valence-electron chi connectivity index (χ0n) is 12.5. The van der Waals surface area contributed by atoms with E-state index in [4.69, 9.17) is 10.2 Å². The Bertz CT molecular complexity index is 559. The Hall–Kier alpha value is -2.29. The number of ketones is 1. The number of phenolic OH excluding ortho intramolecular Hbond substituents is 2. The normalized spacial score (nSPS) is 9.62. The van der Waals surface area contributed by atoms with Gasteiger partial charge in [0.15, 0.2) is 5.78 Å². The highest BCUT2D eigenvalue weighted by molar-refractivity contribution is 5.96. The Morgan fingerprint density at radius 3 is 2.10 bits per heavy atom. The van der Waals surface area contributed by atoms with E-state index < -0.39 is 0 Å². The second-order valence-corrected chi connectivity index (χ2v) is 4.84. The van der Waals surface area contributed by atoms with Gasteiger partial charge < -0.3 is 10.2 Å². The largest absolute Gasteiger partial charge is 0.508 e. The van der Waals surface area contributed by atoms with Crippen LogP contribution in [0.4, 0.5) is 0 Å². The standard InChI is InChI=1S/C10H14O.C8H8O2/c1-2-3-4-9-5-7-10(11)8-6-9;1-6(9)7-4-2-3-5-8(7)10/h5-8,11H,2-4H2,1H3;2-5,10H,1H3. The van der Waals surface area contributed by atoms with Crippen LogP contribution in [0.1, 0.15) is 42.6 Å². The van der Waals surface area contributed by atoms with Gasteiger partial charge in [-0.25, -0.2) is 0 Å². The van der Waals surface area contributed by atoms with Gasteiger partial charge in [0.05, 0.1) is 5.56 Å². The molecular weight excluding hydrogens is 264 g/mol. The lowest BCUT2D eigenvalue weighted by molar-refractivity contribution is 0.101. The average molecular weight is 286 g/mol. The number of aryl methyl sites for hydroxylation is 1. The second kappa shape index (κ2) is 8.80. The Kier molecular flexibility index (Phi) is 7.02. The number of carbonyl (C=O) groups is 1. The monoisotopic (exact) mass is 286 g/mol. The first kappa shape index (κ1) is 16.8. The number of phenols is 2. The van der Waals surface area contributed by atoms with Crippen molar-refractivity contribution >= 4 is 5.78 Å². The Morgan fingerprint density at radius 2 is 1.62 bits per heavy atom. The summed E-state index contributed by atoms with van der Waals surface area (Å²) >= 11 is 0. The van der Waals surface area contributed by atoms with Crippen LogP contribution >= 0.6 is 0 Å². The molecule has 0 aliphatic carbocycles. The van der Waals surface area contributed by atoms with Gasteiger partial charge in [-0.15, -0.1) is 0 Å². The minimum atomic E-state index is -0.113. The maximum absolute atomic E-state index is 10.7. The summed E-state index contributed by atoms with van der Waals surface area (Å²) in [7, 11) is 0. The smallest absolute Gasteiger partial charge is 0.163 e. The van der Waals surface area contributed by atoms with Crippen LogP contribution in [0.15, 0.2) is 48.5 Å². The highest BCUT2D eigenvalue weighted by Gasteiger charge is 2.02. The molecule has 21 heavy (non-hydrogen) atoms. The minimum Gasteiger partial charge on any atom is -0.508 e. The maximum Gasteiger partial charge on any atom is 0.163 e. The van der Waals surface area contributed by atoms with Gasteiger partial charge in [-0.05, 0) is 49.6 Å². The maximum atomic E-state index is 10.7. The highest BCUT2D eigenvalue weighted by Crippen LogP contribution is 2.15. The van der Waals surface area contributed by atoms with Crippen LogP contribution in [0.2, 0.25) is 0 Å². The molecule has 0 saturated carbocycles. The fourth-order valence-electron chi connectivity index (χ4n) is 1.81. The van der Waals surface area contributed by atoms with E-state index in [1.54, 1.807) is 30.3 Å². The fourth-order valence-corrected chi connectivity index (χ4v) is 1.81. The molecule has 0 aromatic heterocycles. The molecule has 0 aliphatic rings. The number of hydrogen-bond acceptors (Lipinski definition) is 3. The van der Waals surface area contributed by atoms with Crippen molar-refractivity contribution in [3.05, 3.63) is 59.7 Å². The van der Waals surface area contributed by atoms with Gasteiger partial charge in [-0.2, -0.15) is 0 Å². The van der Waals surface area contributed by atoms with Crippen molar-refractivity contribution in [2.45, 2.75) is 33.1 Å². The summed E-state index contributed by atoms with van der Waals surface area (Å²) in [6, 6.07) is 13.9. The summed E-state index contributed by atoms with van der Waals surface area (Å²) in [6.45, 7) is 3.61. The van der Waals surface area contributed by atoms with Gasteiger partial charge in [-0.1, -0.05) is 37.6 Å². The van der Waals surface area contributed by atoms with Crippen molar-refractivity contribution in [1.29, 1.82) is 0 Å². The predicted octanol–water partition coefficient (Wildman–Crippen LogP) is 4.33. The molecule has 2 N–H and O–H groups in total. The van der Waals surface area contributed by atoms with E-state index in [9.17, 15) is 4.79 Å². The molecule has 0 bridgehead atoms. The Balaban J connectivity index is 0.000000211. The lowest BCUT2D eigenvalue weighted by Crippen LogP contribution is -1.90. The van der Waals surface area contributed by atoms with Gasteiger partial charge in [0.1, 0.15) is 11.5 Å². The summed E-state index contributed by atoms with van der Waals surface area (Å²) in [4.78, 5) is 10.7. The predicted molar refractivity (Wildman–Crippen MR) is 84.8 cm³/mol. The van der Waals surface area contributed by atoms with Gasteiger partial charge in [0.25, 0.3) is 0 Å². The third-order valence-corrected chi connectivity index (χ3v) is 3.04. The molecular formula is C18H22O3. The van der Waals surface area contributed by atoms with Gasteiger partial charge >= 0.3 is 0 Å². The molecule has 0 spiro atoms. The van der Waals surface area contributed by atoms with Gasteiger partial charge in [0.2, 0.25) is 0 Å². The molecule has 0 unspecified atom stereocenters. The number of para-hydroxylation sites is 1. The number of unbranched alkanes of at least 4 members (excludes halogenated alkanes) is 1. The van der Waals surface area contributed by atoms with Crippen molar-refractivity contribution in [1.82, 2.24) is 0 Å². The van der Waals surface area contributed by atoms with Gasteiger partial charge in [0, 0.05) is 0 Å². The van der Waals surface area contributed by atoms with Crippen molar-refractivity contribution in [2.24, 2.45) is 0 Å². The average Bonchev–Trinajstić information content (AvgIpc) is 2.47. The third kappa shape index (κ3) is 6.13. The van der Waals surface area contributed by atoms with Crippen molar-refractivity contribution < 1.29 is 15.0 Å². The topological polar surface area (TPSA) is 57.5 Å². The number of carbonyl (C=O) groups excluding carboxylic acids is 1. The van der Waals surface area contributed by atoms with E-state index in [1.165, 1.54) is 31.4 Å². The first-order chi connectivity index (χ1) is 10.0. The summed E-state index contributed by atoms with van der Waals surface area (Å²) in [5.74, 6) is 0.290. The van der Waals surface area contributed by atoms with Gasteiger partial charge in [-0.3, -0.25) is 4.79 Å². The summed E-state index contributed by atoms with van der Waals surface area (Å²) < 4.78 is 0. The number of rotatable bonds is 4. The van der Waals surface area contributed by atoms with Crippen LogP contribution in [-0.2, 0) is 6.42 Å². The zero-order valence-corrected chi connectivity index (χ0v) is 12.5. The van der Waals surface area contributed by atoms with E-state index in [1.807, 2.05) is 12.1 Å². The van der Waals surface area contributed by atoms with Crippen molar-refractivity contribution in [3.63, 3.8) is 0 Å². The van der Waals surface area contributed by atoms with Crippen LogP contribution in [0.25, 0.3) is 0 Å². The molecule has 2 rings (SSSR count). The number of hydrogen-bond donors (Lipinski definition) is 2. The molecule has 0 heterocycles. The van der Waals surface area contributed by atoms with Crippen LogP contribution in [0.3, 0.4) is 0 Å². The van der Waals surface area contributed by atoms with Crippen molar-refractivity contribution in [2.75, 3.05) is 0 Å². The molecule has 3 nitrogen and oxygen atoms in total. The summed E-state index contributed by atoms with van der Waals surface area (Å²) in [6.07, 6.45) is 3.57. The second-order valence-electron chi connectivity index (χ2n) is 4.84. The SMILES string of the molecule is CC(=O)c1ccccc1O.CCCCc1ccc(O)cc1. The first-order valence-corrected chi connectivity index (χ1v) is 7.11. The van der Waals surface area contributed by atoms with E-state index >= 15 is 0 Å². The lowest BCUT2D eigenvalue weighted by Gasteiger charge is -1.98. The molecule has 2 aromatic carbocycles. The minimum absolute atomic E-state index is 0.0509. The van der Waals surface area contributed by atoms with Crippen molar-refractivity contribution in [3.8, 4) is 11.5 Å². The van der Waals surface area contributed by atoms with Crippen LogP contribution in [0, 0.1) is 0 Å². The Morgan fingerprint density at radius 1 is 1.00 bits per heavy atom. The first-order valence-electron chi connectivity index (χ1n) is 7.11. The molecule has 2 aromatic rings. The molecule has 0 saturated heterocycles. The quantitative estimate of drug-likeness (QED) is 0.822. The molecule has 0 aliphatic heterocycles. The van der Waals surface area contributed by atoms with E-state index in [-0.39, 0.29) is 11.5 Å². The fraction of sp³-hybridized carbons (Fsp3) is 0.278. The van der Waals surface area contributed by atoms with E-state index in [0.717, 1.165) is 6.42 Å². The molecule has 0 atom stereocenters. The number of benzene rings is 2. The molecule has 0 radical (unpaired) electrons. The highest BCUT2D eigenvalue weighted by atomic mass is 16.3. The van der Waals surface area contributed by atoms with E-state index in [0.29, 0.717) is 11.3 Å². The number of Topliss-reactive ketones (excluding diaryl/α,β-unsaturated/α-hetero) is 1. The number of aromatic hydroxyl groups is 2. The summed E-state index contributed by atoms with van der Waals surface area (Å²) in [5.41, 5.74) is 1.69. The lowest BCUT2D eigenvalue weighted by atomic mass is 10.1. The summed E-state index contributed by atoms with van der Waals surface area (Å²) in [5, 5.41) is 18.0. The molecule has 112 valence electrons. The molecule has 0 fully saturated rings. The van der Waals surface area contributed by atoms with E-state index in [2.05, 4.69) is 6.92 Å². The molecule has 3 heteroatoms. The van der Waals surface area contributed by atoms with Crippen LogP contribution < -0.4 is 0 Å². The third-order valence-electron chi connectivity index (χ3n) is 3.04. The van der Waals surface area contributed by atoms with Crippen LogP contribution in [-0.4, -0.2) is 16.0 Å². The zero-order chi connectivity index (χ0) is 15.7.